The van der Waals surface area contributed by atoms with Gasteiger partial charge in [-0.1, -0.05) is 0 Å². The van der Waals surface area contributed by atoms with E-state index in [4.69, 9.17) is 5.11 Å². The molecule has 1 N–H and O–H groups in total. The molecule has 0 bridgehead atoms. The molecular formula is C17H19AsFN2O3. The second-order valence-electron chi connectivity index (χ2n) is 6.37. The monoisotopic (exact) mass is 393 g/mol. The summed E-state index contributed by atoms with van der Waals surface area (Å²) in [6.07, 6.45) is 0. The molecule has 0 aliphatic heterocycles. The van der Waals surface area contributed by atoms with Gasteiger partial charge in [0.1, 0.15) is 0 Å². The van der Waals surface area contributed by atoms with Crippen molar-refractivity contribution in [1.82, 2.24) is 9.78 Å². The van der Waals surface area contributed by atoms with Gasteiger partial charge in [0.15, 0.2) is 0 Å². The van der Waals surface area contributed by atoms with Crippen molar-refractivity contribution in [1.29, 1.82) is 0 Å². The van der Waals surface area contributed by atoms with E-state index >= 15 is 0 Å². The van der Waals surface area contributed by atoms with E-state index in [1.54, 1.807) is 10.7 Å². The van der Waals surface area contributed by atoms with Crippen molar-refractivity contribution in [2.24, 2.45) is 0 Å². The maximum absolute atomic E-state index is 13.9. The van der Waals surface area contributed by atoms with Crippen LogP contribution in [-0.2, 0) is 12.0 Å². The molecule has 24 heavy (non-hydrogen) atoms. The average molecular weight is 393 g/mol. The fraction of sp³-hybridized carbons (Fsp3) is 0.353. The van der Waals surface area contributed by atoms with Crippen molar-refractivity contribution in [3.63, 3.8) is 0 Å². The second kappa shape index (κ2) is 6.89. The molecule has 7 heteroatoms. The van der Waals surface area contributed by atoms with Gasteiger partial charge in [-0.3, -0.25) is 0 Å². The summed E-state index contributed by atoms with van der Waals surface area (Å²) < 4.78 is 15.5. The first-order valence-corrected chi connectivity index (χ1v) is 9.38. The topological polar surface area (TPSA) is 72.2 Å². The number of hydrogen-bond acceptors (Lipinski definition) is 3. The predicted molar refractivity (Wildman–Crippen MR) is 89.7 cm³/mol. The number of carbonyl (C=O) groups excluding carboxylic acids is 1. The summed E-state index contributed by atoms with van der Waals surface area (Å²) in [4.78, 5) is 23.7. The Hall–Kier alpha value is -1.94. The van der Waals surface area contributed by atoms with Crippen molar-refractivity contribution < 1.29 is 19.1 Å². The van der Waals surface area contributed by atoms with Crippen LogP contribution in [0.2, 0.25) is 0 Å². The van der Waals surface area contributed by atoms with Gasteiger partial charge in [-0.25, -0.2) is 0 Å². The number of carbonyl (C=O) groups is 2. The molecule has 5 nitrogen and oxygen atoms in total. The number of aryl methyl sites for hydroxylation is 1. The van der Waals surface area contributed by atoms with Crippen LogP contribution in [0.15, 0.2) is 24.3 Å². The van der Waals surface area contributed by atoms with Crippen LogP contribution in [0.25, 0.3) is 0 Å². The average Bonchev–Trinajstić information content (AvgIpc) is 2.93. The van der Waals surface area contributed by atoms with Gasteiger partial charge in [-0.2, -0.15) is 0 Å². The summed E-state index contributed by atoms with van der Waals surface area (Å²) in [5.41, 5.74) is 1.03. The van der Waals surface area contributed by atoms with Gasteiger partial charge in [-0.05, 0) is 0 Å². The summed E-state index contributed by atoms with van der Waals surface area (Å²) in [5, 5.41) is 13.5. The van der Waals surface area contributed by atoms with E-state index in [0.717, 1.165) is 11.8 Å². The summed E-state index contributed by atoms with van der Waals surface area (Å²) in [7, 11) is 0. The molecule has 0 fully saturated rings. The van der Waals surface area contributed by atoms with Gasteiger partial charge >= 0.3 is 146 Å². The number of aromatic carboxylic acids is 1. The van der Waals surface area contributed by atoms with Gasteiger partial charge in [0.05, 0.1) is 0 Å². The van der Waals surface area contributed by atoms with Crippen molar-refractivity contribution in [3.05, 3.63) is 47.0 Å². The third kappa shape index (κ3) is 3.93. The molecular weight excluding hydrogens is 374 g/mol. The Balaban J connectivity index is 2.35. The molecule has 0 atom stereocenters. The molecule has 1 heterocycles. The molecule has 0 amide bonds. The normalized spacial score (nSPS) is 12.0. The molecule has 1 radical (unpaired) electrons. The van der Waals surface area contributed by atoms with Crippen LogP contribution in [0.4, 0.5) is 4.39 Å². The zero-order valence-corrected chi connectivity index (χ0v) is 15.9. The van der Waals surface area contributed by atoms with Crippen molar-refractivity contribution in [3.8, 4) is 0 Å². The molecule has 0 aliphatic rings. The molecule has 0 spiro atoms. The van der Waals surface area contributed by atoms with Gasteiger partial charge in [-0.15, -0.1) is 0 Å². The van der Waals surface area contributed by atoms with Crippen molar-refractivity contribution in [2.75, 3.05) is 0 Å². The van der Waals surface area contributed by atoms with Gasteiger partial charge in [0.25, 0.3) is 0 Å². The molecule has 2 aromatic rings. The number of aromatic nitrogens is 2. The minimum absolute atomic E-state index is 0.0195. The summed E-state index contributed by atoms with van der Waals surface area (Å²) in [5.74, 6) is -1.69. The third-order valence-electron chi connectivity index (χ3n) is 3.48. The van der Waals surface area contributed by atoms with Gasteiger partial charge in [0, 0.05) is 0 Å². The second-order valence-corrected chi connectivity index (χ2v) is 8.70. The zero-order valence-electron chi connectivity index (χ0n) is 14.0. The van der Waals surface area contributed by atoms with Gasteiger partial charge < -0.3 is 0 Å². The summed E-state index contributed by atoms with van der Waals surface area (Å²) >= 11 is -1.19. The Morgan fingerprint density at radius 1 is 1.29 bits per heavy atom. The first-order chi connectivity index (χ1) is 11.1. The molecule has 0 unspecified atom stereocenters. The predicted octanol–water partition coefficient (Wildman–Crippen LogP) is 2.21. The number of benzene rings is 1. The van der Waals surface area contributed by atoms with Gasteiger partial charge in [0.2, 0.25) is 0 Å². The molecule has 127 valence electrons. The Morgan fingerprint density at radius 2 is 1.96 bits per heavy atom. The van der Waals surface area contributed by atoms with E-state index in [1.807, 2.05) is 27.7 Å². The van der Waals surface area contributed by atoms with E-state index in [1.165, 1.54) is 12.1 Å². The molecule has 0 saturated heterocycles. The Kier molecular flexibility index (Phi) is 5.28. The number of carboxylic acid groups (broad SMARTS) is 1. The van der Waals surface area contributed by atoms with E-state index in [-0.39, 0.29) is 19.9 Å². The molecule has 1 aromatic carbocycles. The van der Waals surface area contributed by atoms with E-state index < -0.39 is 27.5 Å². The zero-order chi connectivity index (χ0) is 18.1. The van der Waals surface area contributed by atoms with Crippen LogP contribution >= 0.6 is 0 Å². The Labute approximate surface area is 146 Å². The Morgan fingerprint density at radius 3 is 2.50 bits per heavy atom. The molecule has 2 rings (SSSR count). The van der Waals surface area contributed by atoms with E-state index in [2.05, 4.69) is 5.10 Å². The van der Waals surface area contributed by atoms with Crippen LogP contribution < -0.4 is 4.35 Å². The first kappa shape index (κ1) is 18.4. The number of halogens is 1. The van der Waals surface area contributed by atoms with Crippen LogP contribution in [-0.4, -0.2) is 41.2 Å². The molecule has 1 aromatic heterocycles. The number of nitrogens with zero attached hydrogens (tertiary/aromatic N) is 2. The van der Waals surface area contributed by atoms with Crippen LogP contribution in [0.5, 0.6) is 0 Å². The standard InChI is InChI=1S/C17H19AsFN2O3/c1-5-21-13(9-14(20-21)17(2,3)4)15(22)18-11-8-10(16(23)24)6-7-12(11)19/h6-9H,5H2,1-4H3,(H,23,24). The fourth-order valence-electron chi connectivity index (χ4n) is 2.09. The van der Waals surface area contributed by atoms with Crippen LogP contribution in [0.3, 0.4) is 0 Å². The van der Waals surface area contributed by atoms with Crippen LogP contribution in [0.1, 0.15) is 54.2 Å². The maximum atomic E-state index is 13.9. The molecule has 0 saturated carbocycles. The SMILES string of the molecule is CCn1nc(C(C)(C)C)cc1C(=O)[As]c1cc(C(=O)O)ccc1F. The third-order valence-corrected chi connectivity index (χ3v) is 5.61. The molecule has 0 aliphatic carbocycles. The number of hydrogen-bond donors (Lipinski definition) is 1. The van der Waals surface area contributed by atoms with E-state index in [0.29, 0.717) is 12.2 Å². The van der Waals surface area contributed by atoms with Crippen molar-refractivity contribution >= 4 is 30.6 Å². The number of rotatable bonds is 5. The van der Waals surface area contributed by atoms with Crippen molar-refractivity contribution in [2.45, 2.75) is 39.7 Å². The first-order valence-electron chi connectivity index (χ1n) is 7.50. The summed E-state index contributed by atoms with van der Waals surface area (Å²) in [6.45, 7) is 8.45. The van der Waals surface area contributed by atoms with Crippen LogP contribution in [0, 0.1) is 5.82 Å². The number of carboxylic acids is 1. The Bertz CT molecular complexity index is 794. The minimum atomic E-state index is -1.19. The quantitative estimate of drug-likeness (QED) is 0.791. The van der Waals surface area contributed by atoms with E-state index in [9.17, 15) is 14.0 Å². The summed E-state index contributed by atoms with van der Waals surface area (Å²) in [6, 6.07) is 5.29. The fourth-order valence-corrected chi connectivity index (χ4v) is 3.98.